The van der Waals surface area contributed by atoms with Crippen LogP contribution in [0.3, 0.4) is 0 Å². The number of rotatable bonds is 3. The van der Waals surface area contributed by atoms with Crippen molar-refractivity contribution in [2.45, 2.75) is 164 Å². The predicted octanol–water partition coefficient (Wildman–Crippen LogP) is 18.5. The standard InChI is InChI=1S/2C10H12N2.2C9H10N2.C9H7N.2C3H8.5C2H6/c1-3-10-11-8-6-4-5-7-9(8)12(10)2;1-3-12-8(2)11-9-6-4-5-7-10(9)12;1-7-10-8-5-3-4-6-9(8)11(7)2;1-2-8-7-11-6-4-3-5-9(11)10-8;1-2-6-9-8(4-1)5-3-7-10-9;2*1-3-2;5*1-2/h2*4-7H,3H2,1-2H3;3-6H,1-2H3;3-7H,2H2,1H3;1-7H;2*3H2,1-2H3;5*1-2H3. The zero-order chi connectivity index (χ0) is 54.9. The molecule has 0 unspecified atom stereocenters. The van der Waals surface area contributed by atoms with Gasteiger partial charge in [-0.1, -0.05) is 190 Å². The summed E-state index contributed by atoms with van der Waals surface area (Å²) >= 11 is 0. The first-order chi connectivity index (χ1) is 35.1. The van der Waals surface area contributed by atoms with E-state index in [4.69, 9.17) is 0 Å². The lowest BCUT2D eigenvalue weighted by atomic mass is 10.2. The normalized spacial score (nSPS) is 9.18. The minimum atomic E-state index is 0.991. The summed E-state index contributed by atoms with van der Waals surface area (Å²) in [6.07, 6.45) is 10.4. The minimum Gasteiger partial charge on any atom is -0.331 e. The molecule has 4 aromatic carbocycles. The van der Waals surface area contributed by atoms with Crippen molar-refractivity contribution in [1.29, 1.82) is 0 Å². The van der Waals surface area contributed by atoms with E-state index in [0.29, 0.717) is 0 Å². The Morgan fingerprint density at radius 1 is 0.417 bits per heavy atom. The van der Waals surface area contributed by atoms with Gasteiger partial charge in [-0.15, -0.1) is 0 Å². The van der Waals surface area contributed by atoms with Gasteiger partial charge in [0.05, 0.1) is 44.3 Å². The van der Waals surface area contributed by atoms with Crippen molar-refractivity contribution < 1.29 is 0 Å². The molecule has 0 amide bonds. The van der Waals surface area contributed by atoms with Crippen LogP contribution in [0.25, 0.3) is 49.7 Å². The SMILES string of the molecule is CC.CC.CC.CC.CC.CCC.CCC.CCc1cn2ccccc2n1.CCc1nc2ccccc2n1C.CCn1c(C)nc2ccccc21.Cc1nc2ccccc2n1C.c1ccc2ncccc2c1. The molecule has 0 radical (unpaired) electrons. The topological polar surface area (TPSA) is 83.7 Å². The number of benzene rings is 4. The quantitative estimate of drug-likeness (QED) is 0.176. The lowest BCUT2D eigenvalue weighted by Crippen LogP contribution is -1.95. The van der Waals surface area contributed by atoms with Crippen LogP contribution >= 0.6 is 0 Å². The molecule has 6 heterocycles. The van der Waals surface area contributed by atoms with Gasteiger partial charge in [0.1, 0.15) is 23.1 Å². The van der Waals surface area contributed by atoms with Gasteiger partial charge in [0, 0.05) is 51.0 Å². The highest BCUT2D eigenvalue weighted by Gasteiger charge is 2.04. The second-order valence-corrected chi connectivity index (χ2v) is 14.7. The van der Waals surface area contributed by atoms with Crippen molar-refractivity contribution in [1.82, 2.24) is 43.0 Å². The van der Waals surface area contributed by atoms with Crippen molar-refractivity contribution in [2.75, 3.05) is 0 Å². The summed E-state index contributed by atoms with van der Waals surface area (Å²) in [7, 11) is 4.10. The molecule has 0 aliphatic heterocycles. The molecule has 0 saturated carbocycles. The second kappa shape index (κ2) is 42.1. The third kappa shape index (κ3) is 22.2. The number of imidazole rings is 4. The highest BCUT2D eigenvalue weighted by Crippen LogP contribution is 2.16. The Morgan fingerprint density at radius 3 is 1.32 bits per heavy atom. The van der Waals surface area contributed by atoms with Crippen LogP contribution in [0.5, 0.6) is 0 Å². The van der Waals surface area contributed by atoms with Crippen molar-refractivity contribution in [3.63, 3.8) is 0 Å². The summed E-state index contributed by atoms with van der Waals surface area (Å²) in [6.45, 7) is 39.9. The summed E-state index contributed by atoms with van der Waals surface area (Å²) < 4.78 is 8.50. The molecule has 10 rings (SSSR count). The van der Waals surface area contributed by atoms with Crippen LogP contribution in [0.4, 0.5) is 0 Å². The minimum absolute atomic E-state index is 0.991. The van der Waals surface area contributed by atoms with E-state index < -0.39 is 0 Å². The summed E-state index contributed by atoms with van der Waals surface area (Å²) in [6, 6.07) is 42.7. The molecule has 0 spiro atoms. The van der Waals surface area contributed by atoms with E-state index in [1.807, 2.05) is 186 Å². The van der Waals surface area contributed by atoms with E-state index in [1.54, 1.807) is 0 Å². The first-order valence-electron chi connectivity index (χ1n) is 27.1. The van der Waals surface area contributed by atoms with Gasteiger partial charge in [-0.25, -0.2) is 19.9 Å². The Labute approximate surface area is 437 Å². The molecule has 10 aromatic rings. The van der Waals surface area contributed by atoms with Crippen LogP contribution in [-0.4, -0.2) is 43.0 Å². The number of hydrogen-bond donors (Lipinski definition) is 0. The monoisotopic (exact) mass is 980 g/mol. The number of nitrogens with zero attached hydrogens (tertiary/aromatic N) is 9. The lowest BCUT2D eigenvalue weighted by molar-refractivity contribution is 0.753. The summed E-state index contributed by atoms with van der Waals surface area (Å²) in [4.78, 5) is 21.9. The van der Waals surface area contributed by atoms with E-state index in [9.17, 15) is 0 Å². The summed E-state index contributed by atoms with van der Waals surface area (Å²) in [5.41, 5.74) is 10.2. The summed E-state index contributed by atoms with van der Waals surface area (Å²) in [5.74, 6) is 3.31. The zero-order valence-corrected chi connectivity index (χ0v) is 48.9. The first kappa shape index (κ1) is 67.5. The molecule has 0 aliphatic rings. The van der Waals surface area contributed by atoms with Gasteiger partial charge in [0.15, 0.2) is 0 Å². The molecule has 0 fully saturated rings. The fourth-order valence-corrected chi connectivity index (χ4v) is 6.55. The largest absolute Gasteiger partial charge is 0.331 e. The molecule has 72 heavy (non-hydrogen) atoms. The molecule has 0 bridgehead atoms. The Bertz CT molecular complexity index is 2720. The Morgan fingerprint density at radius 2 is 0.847 bits per heavy atom. The maximum atomic E-state index is 4.49. The fraction of sp³-hybridized carbons (Fsp3) is 0.413. The van der Waals surface area contributed by atoms with Gasteiger partial charge >= 0.3 is 0 Å². The maximum Gasteiger partial charge on any atom is 0.136 e. The Hall–Kier alpha value is -6.61. The third-order valence-electron chi connectivity index (χ3n) is 9.66. The number of fused-ring (bicyclic) bond motifs is 5. The third-order valence-corrected chi connectivity index (χ3v) is 9.66. The lowest BCUT2D eigenvalue weighted by Gasteiger charge is -2.00. The summed E-state index contributed by atoms with van der Waals surface area (Å²) in [5, 5.41) is 1.20. The molecule has 0 N–H and O–H groups in total. The average Bonchev–Trinajstić information content (AvgIpc) is 4.20. The van der Waals surface area contributed by atoms with Crippen molar-refractivity contribution in [3.8, 4) is 0 Å². The molecule has 9 heteroatoms. The molecule has 0 aliphatic carbocycles. The number of para-hydroxylation sites is 7. The maximum absolute atomic E-state index is 4.49. The van der Waals surface area contributed by atoms with Crippen LogP contribution in [-0.2, 0) is 33.5 Å². The van der Waals surface area contributed by atoms with Crippen LogP contribution < -0.4 is 0 Å². The number of pyridine rings is 2. The van der Waals surface area contributed by atoms with Crippen molar-refractivity contribution >= 4 is 49.7 Å². The molecular weight excluding hydrogens is 883 g/mol. The van der Waals surface area contributed by atoms with Crippen molar-refractivity contribution in [2.24, 2.45) is 14.1 Å². The van der Waals surface area contributed by atoms with Gasteiger partial charge in [-0.3, -0.25) is 4.98 Å². The first-order valence-corrected chi connectivity index (χ1v) is 27.1. The molecule has 0 atom stereocenters. The van der Waals surface area contributed by atoms with E-state index >= 15 is 0 Å². The van der Waals surface area contributed by atoms with Gasteiger partial charge in [0.25, 0.3) is 0 Å². The molecule has 0 saturated heterocycles. The average molecular weight is 981 g/mol. The number of aromatic nitrogens is 9. The second-order valence-electron chi connectivity index (χ2n) is 14.7. The van der Waals surface area contributed by atoms with Gasteiger partial charge in [-0.2, -0.15) is 0 Å². The Kier molecular flexibility index (Phi) is 39.5. The van der Waals surface area contributed by atoms with Crippen LogP contribution in [0.1, 0.15) is 154 Å². The van der Waals surface area contributed by atoms with Crippen LogP contribution in [0.2, 0.25) is 0 Å². The zero-order valence-electron chi connectivity index (χ0n) is 48.9. The molecular formula is C63H97N9. The number of aryl methyl sites for hydroxylation is 7. The van der Waals surface area contributed by atoms with Gasteiger partial charge < -0.3 is 18.1 Å². The molecule has 394 valence electrons. The highest BCUT2D eigenvalue weighted by molar-refractivity contribution is 5.78. The van der Waals surface area contributed by atoms with Crippen molar-refractivity contribution in [3.05, 3.63) is 169 Å². The van der Waals surface area contributed by atoms with Gasteiger partial charge in [0.2, 0.25) is 0 Å². The van der Waals surface area contributed by atoms with E-state index in [-0.39, 0.29) is 0 Å². The van der Waals surface area contributed by atoms with Crippen LogP contribution in [0, 0.1) is 13.8 Å². The highest BCUT2D eigenvalue weighted by atomic mass is 15.1. The molecule has 9 nitrogen and oxygen atoms in total. The van der Waals surface area contributed by atoms with E-state index in [0.717, 1.165) is 70.3 Å². The molecule has 6 aromatic heterocycles. The number of hydrogen-bond acceptors (Lipinski definition) is 5. The van der Waals surface area contributed by atoms with Crippen LogP contribution in [0.15, 0.2) is 146 Å². The predicted molar refractivity (Wildman–Crippen MR) is 321 cm³/mol. The fourth-order valence-electron chi connectivity index (χ4n) is 6.55. The van der Waals surface area contributed by atoms with E-state index in [1.165, 1.54) is 34.8 Å². The van der Waals surface area contributed by atoms with E-state index in [2.05, 4.69) is 149 Å². The smallest absolute Gasteiger partial charge is 0.136 e. The van der Waals surface area contributed by atoms with Gasteiger partial charge in [-0.05, 0) is 87.9 Å². The Balaban J connectivity index is 0.